The summed E-state index contributed by atoms with van der Waals surface area (Å²) in [5.41, 5.74) is -0.0225. The molecule has 2 aromatic heterocycles. The van der Waals surface area contributed by atoms with Crippen LogP contribution in [-0.2, 0) is 6.54 Å². The molecule has 2 aromatic rings. The molecule has 2 N–H and O–H groups in total. The number of aromatic amines is 1. The minimum atomic E-state index is -0.0225. The van der Waals surface area contributed by atoms with Gasteiger partial charge in [-0.15, -0.1) is 0 Å². The SMILES string of the molecule is O=c1cc[nH]c(NCc2ccco2)c1. The molecule has 2 rings (SSSR count). The number of H-pyrrole nitrogens is 1. The highest BCUT2D eigenvalue weighted by Crippen LogP contribution is 2.03. The molecule has 0 aromatic carbocycles. The van der Waals surface area contributed by atoms with E-state index in [-0.39, 0.29) is 5.43 Å². The maximum Gasteiger partial charge on any atom is 0.183 e. The summed E-state index contributed by atoms with van der Waals surface area (Å²) in [6.07, 6.45) is 3.22. The largest absolute Gasteiger partial charge is 0.467 e. The van der Waals surface area contributed by atoms with Crippen molar-refractivity contribution in [1.29, 1.82) is 0 Å². The van der Waals surface area contributed by atoms with Crippen LogP contribution in [0, 0.1) is 0 Å². The Hall–Kier alpha value is -1.97. The van der Waals surface area contributed by atoms with Crippen LogP contribution in [0.5, 0.6) is 0 Å². The normalized spacial score (nSPS) is 10.0. The Kier molecular flexibility index (Phi) is 2.36. The van der Waals surface area contributed by atoms with Crippen LogP contribution in [0.25, 0.3) is 0 Å². The van der Waals surface area contributed by atoms with E-state index in [0.717, 1.165) is 5.76 Å². The highest BCUT2D eigenvalue weighted by Gasteiger charge is 1.95. The van der Waals surface area contributed by atoms with Crippen LogP contribution < -0.4 is 10.7 Å². The van der Waals surface area contributed by atoms with Crippen LogP contribution in [0.15, 0.2) is 45.9 Å². The topological polar surface area (TPSA) is 58.0 Å². The quantitative estimate of drug-likeness (QED) is 0.772. The molecule has 2 heterocycles. The molecule has 72 valence electrons. The fraction of sp³-hybridized carbons (Fsp3) is 0.100. The summed E-state index contributed by atoms with van der Waals surface area (Å²) >= 11 is 0. The molecule has 0 fully saturated rings. The van der Waals surface area contributed by atoms with E-state index in [9.17, 15) is 4.79 Å². The average molecular weight is 190 g/mol. The van der Waals surface area contributed by atoms with Crippen molar-refractivity contribution >= 4 is 5.82 Å². The molecule has 0 atom stereocenters. The maximum atomic E-state index is 11.0. The van der Waals surface area contributed by atoms with E-state index < -0.39 is 0 Å². The first-order chi connectivity index (χ1) is 6.84. The molecule has 0 amide bonds. The lowest BCUT2D eigenvalue weighted by atomic mass is 10.4. The zero-order valence-electron chi connectivity index (χ0n) is 7.49. The Bertz CT molecular complexity index is 445. The maximum absolute atomic E-state index is 11.0. The minimum Gasteiger partial charge on any atom is -0.467 e. The first-order valence-electron chi connectivity index (χ1n) is 4.29. The molecule has 14 heavy (non-hydrogen) atoms. The summed E-state index contributed by atoms with van der Waals surface area (Å²) in [5, 5.41) is 3.04. The number of anilines is 1. The number of rotatable bonds is 3. The smallest absolute Gasteiger partial charge is 0.183 e. The van der Waals surface area contributed by atoms with Gasteiger partial charge in [-0.2, -0.15) is 0 Å². The third-order valence-corrected chi connectivity index (χ3v) is 1.81. The lowest BCUT2D eigenvalue weighted by Gasteiger charge is -2.02. The van der Waals surface area contributed by atoms with Gasteiger partial charge in [0.2, 0.25) is 0 Å². The van der Waals surface area contributed by atoms with Crippen LogP contribution >= 0.6 is 0 Å². The number of aromatic nitrogens is 1. The molecule has 4 nitrogen and oxygen atoms in total. The van der Waals surface area contributed by atoms with E-state index in [1.54, 1.807) is 12.5 Å². The number of nitrogens with one attached hydrogen (secondary N) is 2. The summed E-state index contributed by atoms with van der Waals surface area (Å²) in [4.78, 5) is 13.9. The third-order valence-electron chi connectivity index (χ3n) is 1.81. The number of furan rings is 1. The van der Waals surface area contributed by atoms with Crippen LogP contribution in [0.1, 0.15) is 5.76 Å². The monoisotopic (exact) mass is 190 g/mol. The summed E-state index contributed by atoms with van der Waals surface area (Å²) < 4.78 is 5.13. The second-order valence-electron chi connectivity index (χ2n) is 2.87. The van der Waals surface area contributed by atoms with Crippen molar-refractivity contribution in [2.24, 2.45) is 0 Å². The van der Waals surface area contributed by atoms with Crippen LogP contribution in [-0.4, -0.2) is 4.98 Å². The van der Waals surface area contributed by atoms with Crippen molar-refractivity contribution in [3.8, 4) is 0 Å². The van der Waals surface area contributed by atoms with Gasteiger partial charge < -0.3 is 14.7 Å². The van der Waals surface area contributed by atoms with Gasteiger partial charge in [-0.25, -0.2) is 0 Å². The fourth-order valence-electron chi connectivity index (χ4n) is 1.14. The Morgan fingerprint density at radius 1 is 1.43 bits per heavy atom. The predicted octanol–water partition coefficient (Wildman–Crippen LogP) is 1.58. The van der Waals surface area contributed by atoms with Gasteiger partial charge in [0.05, 0.1) is 12.8 Å². The average Bonchev–Trinajstić information content (AvgIpc) is 2.67. The first kappa shape index (κ1) is 8.62. The van der Waals surface area contributed by atoms with Crippen LogP contribution in [0.4, 0.5) is 5.82 Å². The molecular formula is C10H10N2O2. The molecule has 4 heteroatoms. The van der Waals surface area contributed by atoms with Crippen LogP contribution in [0.3, 0.4) is 0 Å². The van der Waals surface area contributed by atoms with E-state index in [2.05, 4.69) is 10.3 Å². The van der Waals surface area contributed by atoms with Gasteiger partial charge >= 0.3 is 0 Å². The summed E-state index contributed by atoms with van der Waals surface area (Å²) in [5.74, 6) is 1.52. The molecule has 0 aliphatic rings. The zero-order valence-corrected chi connectivity index (χ0v) is 7.49. The minimum absolute atomic E-state index is 0.0225. The lowest BCUT2D eigenvalue weighted by Crippen LogP contribution is -2.04. The zero-order chi connectivity index (χ0) is 9.80. The molecular weight excluding hydrogens is 180 g/mol. The van der Waals surface area contributed by atoms with Crippen molar-refractivity contribution in [3.05, 3.63) is 52.7 Å². The Morgan fingerprint density at radius 2 is 2.36 bits per heavy atom. The van der Waals surface area contributed by atoms with Crippen molar-refractivity contribution in [3.63, 3.8) is 0 Å². The lowest BCUT2D eigenvalue weighted by molar-refractivity contribution is 0.518. The third kappa shape index (κ3) is 2.04. The Morgan fingerprint density at radius 3 is 3.07 bits per heavy atom. The molecule has 0 aliphatic carbocycles. The summed E-state index contributed by atoms with van der Waals surface area (Å²) in [7, 11) is 0. The van der Waals surface area contributed by atoms with E-state index in [1.807, 2.05) is 12.1 Å². The molecule has 0 radical (unpaired) electrons. The van der Waals surface area contributed by atoms with Crippen molar-refractivity contribution < 1.29 is 4.42 Å². The van der Waals surface area contributed by atoms with Crippen molar-refractivity contribution in [1.82, 2.24) is 4.98 Å². The van der Waals surface area contributed by atoms with Gasteiger partial charge in [0.1, 0.15) is 11.6 Å². The Labute approximate surface area is 80.6 Å². The van der Waals surface area contributed by atoms with E-state index in [1.165, 1.54) is 12.1 Å². The second-order valence-corrected chi connectivity index (χ2v) is 2.87. The van der Waals surface area contributed by atoms with Crippen molar-refractivity contribution in [2.75, 3.05) is 5.32 Å². The van der Waals surface area contributed by atoms with Gasteiger partial charge in [-0.1, -0.05) is 0 Å². The summed E-state index contributed by atoms with van der Waals surface area (Å²) in [6.45, 7) is 0.562. The molecule has 0 bridgehead atoms. The summed E-state index contributed by atoms with van der Waals surface area (Å²) in [6, 6.07) is 6.67. The van der Waals surface area contributed by atoms with Crippen molar-refractivity contribution in [2.45, 2.75) is 6.54 Å². The molecule has 0 saturated carbocycles. The number of hydrogen-bond acceptors (Lipinski definition) is 3. The molecule has 0 spiro atoms. The number of hydrogen-bond donors (Lipinski definition) is 2. The number of pyridine rings is 1. The van der Waals surface area contributed by atoms with Gasteiger partial charge in [0.15, 0.2) is 5.43 Å². The fourth-order valence-corrected chi connectivity index (χ4v) is 1.14. The van der Waals surface area contributed by atoms with Crippen LogP contribution in [0.2, 0.25) is 0 Å². The van der Waals surface area contributed by atoms with Gasteiger partial charge in [-0.3, -0.25) is 4.79 Å². The molecule has 0 saturated heterocycles. The molecule has 0 unspecified atom stereocenters. The van der Waals surface area contributed by atoms with E-state index >= 15 is 0 Å². The standard InChI is InChI=1S/C10H10N2O2/c13-8-3-4-11-10(6-8)12-7-9-2-1-5-14-9/h1-6H,7H2,(H2,11,12,13). The van der Waals surface area contributed by atoms with Gasteiger partial charge in [0.25, 0.3) is 0 Å². The van der Waals surface area contributed by atoms with E-state index in [4.69, 9.17) is 4.42 Å². The first-order valence-corrected chi connectivity index (χ1v) is 4.29. The van der Waals surface area contributed by atoms with Gasteiger partial charge in [-0.05, 0) is 12.1 Å². The second kappa shape index (κ2) is 3.83. The highest BCUT2D eigenvalue weighted by molar-refractivity contribution is 5.33. The predicted molar refractivity (Wildman–Crippen MR) is 53.1 cm³/mol. The van der Waals surface area contributed by atoms with Gasteiger partial charge in [0, 0.05) is 18.3 Å². The Balaban J connectivity index is 2.02. The highest BCUT2D eigenvalue weighted by atomic mass is 16.3. The van der Waals surface area contributed by atoms with E-state index in [0.29, 0.717) is 12.4 Å². The molecule has 0 aliphatic heterocycles.